The van der Waals surface area contributed by atoms with E-state index >= 15 is 0 Å². The zero-order valence-electron chi connectivity index (χ0n) is 31.0. The van der Waals surface area contributed by atoms with Crippen LogP contribution in [0.5, 0.6) is 0 Å². The molecule has 0 radical (unpaired) electrons. The number of allylic oxidation sites excluding steroid dienone is 4. The third kappa shape index (κ3) is 4.82. The molecule has 2 aromatic carbocycles. The molecule has 0 aromatic heterocycles. The number of benzene rings is 2. The molecule has 0 spiro atoms. The van der Waals surface area contributed by atoms with Crippen LogP contribution >= 0.6 is 0 Å². The number of hydrogen-bond acceptors (Lipinski definition) is 0. The molecule has 0 heterocycles. The minimum atomic E-state index is 0. The second-order valence-electron chi connectivity index (χ2n) is 20.7. The maximum Gasteiger partial charge on any atom is -1.00 e. The summed E-state index contributed by atoms with van der Waals surface area (Å²) < 4.78 is 0.772. The fourth-order valence-corrected chi connectivity index (χ4v) is 17.2. The summed E-state index contributed by atoms with van der Waals surface area (Å²) in [6.07, 6.45) is 24.6. The minimum absolute atomic E-state index is 0. The third-order valence-electron chi connectivity index (χ3n) is 17.0. The first-order valence-corrected chi connectivity index (χ1v) is 21.9. The van der Waals surface area contributed by atoms with Gasteiger partial charge in [-0.25, -0.2) is 0 Å². The van der Waals surface area contributed by atoms with Gasteiger partial charge in [0.15, 0.2) is 0 Å². The second kappa shape index (κ2) is 11.7. The first-order chi connectivity index (χ1) is 23.0. The Morgan fingerprint density at radius 1 is 0.640 bits per heavy atom. The maximum atomic E-state index is 2.83. The Kier molecular flexibility index (Phi) is 8.21. The smallest absolute Gasteiger partial charge is 1.00 e. The van der Waals surface area contributed by atoms with E-state index in [0.717, 1.165) is 39.1 Å². The van der Waals surface area contributed by atoms with Crippen molar-refractivity contribution in [2.24, 2.45) is 46.3 Å². The van der Waals surface area contributed by atoms with Crippen molar-refractivity contribution in [3.8, 4) is 11.1 Å². The topological polar surface area (TPSA) is 0 Å². The molecule has 11 aliphatic rings. The number of fused-ring (bicyclic) bond motifs is 3. The molecule has 13 rings (SSSR count). The van der Waals surface area contributed by atoms with Crippen LogP contribution in [0.2, 0.25) is 3.63 Å². The summed E-state index contributed by atoms with van der Waals surface area (Å²) in [6, 6.07) is 16.5. The monoisotopic (exact) mass is 781 g/mol. The van der Waals surface area contributed by atoms with E-state index < -0.39 is 0 Å². The Balaban J connectivity index is 0.00000168. The van der Waals surface area contributed by atoms with Crippen molar-refractivity contribution < 1.29 is 49.5 Å². The predicted octanol–water partition coefficient (Wildman–Crippen LogP) is 6.55. The summed E-state index contributed by atoms with van der Waals surface area (Å²) >= 11 is 1.73. The molecule has 8 bridgehead atoms. The van der Waals surface area contributed by atoms with Crippen molar-refractivity contribution in [3.63, 3.8) is 0 Å². The van der Waals surface area contributed by atoms with E-state index in [1.807, 2.05) is 5.57 Å². The first kappa shape index (κ1) is 35.1. The average Bonchev–Trinajstić information content (AvgIpc) is 3.70. The van der Waals surface area contributed by atoms with Gasteiger partial charge in [-0.3, -0.25) is 0 Å². The van der Waals surface area contributed by atoms with Gasteiger partial charge in [-0.1, -0.05) is 0 Å². The number of rotatable bonds is 4. The van der Waals surface area contributed by atoms with Gasteiger partial charge in [0, 0.05) is 0 Å². The molecule has 0 amide bonds. The summed E-state index contributed by atoms with van der Waals surface area (Å²) in [4.78, 5) is 0. The predicted molar refractivity (Wildman–Crippen MR) is 194 cm³/mol. The van der Waals surface area contributed by atoms with Crippen LogP contribution in [-0.4, -0.2) is 0 Å². The van der Waals surface area contributed by atoms with Crippen LogP contribution in [0.25, 0.3) is 11.1 Å². The van der Waals surface area contributed by atoms with Gasteiger partial charge in [0.2, 0.25) is 0 Å². The summed E-state index contributed by atoms with van der Waals surface area (Å²) in [7, 11) is 0. The summed E-state index contributed by atoms with van der Waals surface area (Å²) in [6.45, 7) is 9.90. The van der Waals surface area contributed by atoms with Gasteiger partial charge in [-0.05, 0) is 0 Å². The van der Waals surface area contributed by atoms with E-state index in [0.29, 0.717) is 16.7 Å². The van der Waals surface area contributed by atoms with E-state index in [1.54, 1.807) is 69.2 Å². The molecule has 3 heteroatoms. The van der Waals surface area contributed by atoms with Gasteiger partial charge < -0.3 is 24.8 Å². The molecule has 8 fully saturated rings. The molecule has 0 N–H and O–H groups in total. The van der Waals surface area contributed by atoms with E-state index in [-0.39, 0.29) is 35.6 Å². The van der Waals surface area contributed by atoms with Crippen LogP contribution in [-0.2, 0) is 35.5 Å². The van der Waals surface area contributed by atoms with Crippen LogP contribution in [0.1, 0.15) is 152 Å². The van der Waals surface area contributed by atoms with Gasteiger partial charge in [0.05, 0.1) is 0 Å². The van der Waals surface area contributed by atoms with Crippen molar-refractivity contribution in [3.05, 3.63) is 81.4 Å². The van der Waals surface area contributed by atoms with Crippen molar-refractivity contribution in [1.29, 1.82) is 0 Å². The van der Waals surface area contributed by atoms with Gasteiger partial charge in [0.25, 0.3) is 0 Å². The molecule has 2 atom stereocenters. The molecule has 2 unspecified atom stereocenters. The van der Waals surface area contributed by atoms with E-state index in [1.165, 1.54) is 96.3 Å². The SMILES string of the molecule is CCC1(C2c3ccc(C45CC6CC(CC(C6)C4)C5)cc3-c3cc(C45CC6CC(CC(C6)C4)C5)ccc32)C[CH]([Zr+2])C2=C1C=C(C(C)(C)C)C2.[Cl-].[Cl-]. The standard InChI is InChI=1S/C47H57.2ClH.Zr/c1-5-47(11-10-34-18-37(21-42(34)47)44(2,3)4)43-38-8-6-35(45-22-28-12-29(23-45)14-30(13-28)24-45)19-40(38)41-20-36(7-9-39(41)43)46-25-31-15-32(26-46)17-33(16-31)27-46;;;/h6-10,19-21,28-33,43H,5,11-18,22-27H2,1-4H3;2*1H;/q;;;+2/p-2. The Bertz CT molecular complexity index is 1640. The normalized spacial score (nSPS) is 42.6. The Hall–Kier alpha value is -0.617. The Morgan fingerprint density at radius 3 is 1.44 bits per heavy atom. The molecule has 263 valence electrons. The maximum absolute atomic E-state index is 2.83. The van der Waals surface area contributed by atoms with Crippen molar-refractivity contribution >= 4 is 0 Å². The largest absolute Gasteiger partial charge is 1.00 e. The van der Waals surface area contributed by atoms with Crippen molar-refractivity contribution in [2.75, 3.05) is 0 Å². The van der Waals surface area contributed by atoms with Crippen LogP contribution in [0.4, 0.5) is 0 Å². The fourth-order valence-electron chi connectivity index (χ4n) is 15.7. The fraction of sp³-hybridized carbons (Fsp3) is 0.660. The van der Waals surface area contributed by atoms with Crippen molar-refractivity contribution in [1.82, 2.24) is 0 Å². The summed E-state index contributed by atoms with van der Waals surface area (Å²) in [5, 5.41) is 0. The molecule has 50 heavy (non-hydrogen) atoms. The molecular weight excluding hydrogens is 727 g/mol. The average molecular weight is 784 g/mol. The van der Waals surface area contributed by atoms with E-state index in [9.17, 15) is 0 Å². The van der Waals surface area contributed by atoms with Crippen LogP contribution in [0.3, 0.4) is 0 Å². The van der Waals surface area contributed by atoms with Crippen LogP contribution in [0.15, 0.2) is 59.2 Å². The molecule has 2 aromatic rings. The first-order valence-electron chi connectivity index (χ1n) is 20.5. The summed E-state index contributed by atoms with van der Waals surface area (Å²) in [5.41, 5.74) is 16.9. The Morgan fingerprint density at radius 2 is 1.06 bits per heavy atom. The van der Waals surface area contributed by atoms with Crippen LogP contribution < -0.4 is 24.8 Å². The van der Waals surface area contributed by atoms with Gasteiger partial charge >= 0.3 is 308 Å². The molecule has 0 nitrogen and oxygen atoms in total. The third-order valence-corrected chi connectivity index (χ3v) is 18.4. The molecule has 11 aliphatic carbocycles. The van der Waals surface area contributed by atoms with E-state index in [2.05, 4.69) is 70.2 Å². The van der Waals surface area contributed by atoms with Gasteiger partial charge in [-0.2, -0.15) is 0 Å². The Labute approximate surface area is 330 Å². The zero-order chi connectivity index (χ0) is 32.4. The number of hydrogen-bond donors (Lipinski definition) is 0. The zero-order valence-corrected chi connectivity index (χ0v) is 35.0. The van der Waals surface area contributed by atoms with Crippen LogP contribution in [0, 0.1) is 46.3 Å². The quantitative estimate of drug-likeness (QED) is 0.331. The molecular formula is C47H57Cl2Zr. The minimum Gasteiger partial charge on any atom is -1.00 e. The van der Waals surface area contributed by atoms with Gasteiger partial charge in [0.1, 0.15) is 0 Å². The molecule has 0 aliphatic heterocycles. The molecule has 0 saturated heterocycles. The summed E-state index contributed by atoms with van der Waals surface area (Å²) in [5.74, 6) is 6.47. The van der Waals surface area contributed by atoms with E-state index in [4.69, 9.17) is 0 Å². The second-order valence-corrected chi connectivity index (χ2v) is 22.4. The van der Waals surface area contributed by atoms with Gasteiger partial charge in [-0.15, -0.1) is 0 Å². The van der Waals surface area contributed by atoms with Crippen molar-refractivity contribution in [2.45, 2.75) is 144 Å². The molecule has 8 saturated carbocycles. The number of halogens is 2.